The predicted octanol–water partition coefficient (Wildman–Crippen LogP) is 1.99. The van der Waals surface area contributed by atoms with E-state index in [2.05, 4.69) is 22.3 Å². The van der Waals surface area contributed by atoms with E-state index in [0.29, 0.717) is 18.9 Å². The third kappa shape index (κ3) is 3.63. The smallest absolute Gasteiger partial charge is 0.343 e. The summed E-state index contributed by atoms with van der Waals surface area (Å²) < 4.78 is 6.64. The van der Waals surface area contributed by atoms with Gasteiger partial charge in [-0.15, -0.1) is 0 Å². The number of rotatable bonds is 7. The number of anilines is 1. The second-order valence-corrected chi connectivity index (χ2v) is 4.54. The van der Waals surface area contributed by atoms with E-state index in [0.717, 1.165) is 24.3 Å². The zero-order chi connectivity index (χ0) is 14.4. The topological polar surface area (TPSA) is 71.9 Å². The lowest BCUT2D eigenvalue weighted by Crippen LogP contribution is -2.17. The molecule has 0 atom stereocenters. The van der Waals surface area contributed by atoms with E-state index >= 15 is 0 Å². The molecule has 20 heavy (non-hydrogen) atoms. The van der Waals surface area contributed by atoms with Gasteiger partial charge in [-0.1, -0.05) is 19.4 Å². The minimum atomic E-state index is -0.152. The molecule has 0 aliphatic carbocycles. The molecule has 0 fully saturated rings. The van der Waals surface area contributed by atoms with Crippen LogP contribution < -0.4 is 15.7 Å². The zero-order valence-corrected chi connectivity index (χ0v) is 11.8. The normalized spacial score (nSPS) is 10.5. The average molecular weight is 276 g/mol. The highest BCUT2D eigenvalue weighted by molar-refractivity contribution is 5.48. The highest BCUT2D eigenvalue weighted by Crippen LogP contribution is 2.16. The number of ether oxygens (including phenoxy) is 1. The van der Waals surface area contributed by atoms with Gasteiger partial charge in [-0.05, 0) is 18.6 Å². The molecule has 1 aromatic heterocycles. The summed E-state index contributed by atoms with van der Waals surface area (Å²) in [4.78, 5) is 14.4. The first kappa shape index (κ1) is 14.2. The Kier molecular flexibility index (Phi) is 4.81. The number of aryl methyl sites for hydroxylation is 1. The third-order valence-corrected chi connectivity index (χ3v) is 2.98. The Hall–Kier alpha value is -2.24. The molecule has 2 rings (SSSR count). The predicted molar refractivity (Wildman–Crippen MR) is 78.1 cm³/mol. The molecular weight excluding hydrogens is 256 g/mol. The van der Waals surface area contributed by atoms with Gasteiger partial charge in [0.05, 0.1) is 13.7 Å². The summed E-state index contributed by atoms with van der Waals surface area (Å²) in [7, 11) is 1.63. The Morgan fingerprint density at radius 1 is 1.45 bits per heavy atom. The van der Waals surface area contributed by atoms with Gasteiger partial charge in [-0.25, -0.2) is 9.48 Å². The van der Waals surface area contributed by atoms with Crippen molar-refractivity contribution in [3.63, 3.8) is 0 Å². The fourth-order valence-electron chi connectivity index (χ4n) is 1.86. The minimum Gasteiger partial charge on any atom is -0.497 e. The molecule has 0 aliphatic rings. The van der Waals surface area contributed by atoms with E-state index in [9.17, 15) is 4.79 Å². The number of aromatic nitrogens is 3. The molecule has 0 radical (unpaired) electrons. The molecule has 0 aliphatic heterocycles. The van der Waals surface area contributed by atoms with Crippen molar-refractivity contribution < 1.29 is 4.74 Å². The lowest BCUT2D eigenvalue weighted by atomic mass is 10.3. The SMILES string of the molecule is CCCCn1nc(CNc2cccc(OC)c2)[nH]c1=O. The Morgan fingerprint density at radius 3 is 3.05 bits per heavy atom. The lowest BCUT2D eigenvalue weighted by molar-refractivity contribution is 0.415. The second-order valence-electron chi connectivity index (χ2n) is 4.54. The molecule has 0 unspecified atom stereocenters. The molecule has 2 aromatic rings. The van der Waals surface area contributed by atoms with Crippen molar-refractivity contribution in [2.45, 2.75) is 32.9 Å². The number of unbranched alkanes of at least 4 members (excludes halogenated alkanes) is 1. The van der Waals surface area contributed by atoms with Crippen LogP contribution in [-0.2, 0) is 13.1 Å². The standard InChI is InChI=1S/C14H20N4O2/c1-3-4-8-18-14(19)16-13(17-18)10-15-11-6-5-7-12(9-11)20-2/h5-7,9,15H,3-4,8,10H2,1-2H3,(H,16,17,19). The van der Waals surface area contributed by atoms with E-state index in [1.165, 1.54) is 4.68 Å². The van der Waals surface area contributed by atoms with Crippen LogP contribution in [0.2, 0.25) is 0 Å². The van der Waals surface area contributed by atoms with Gasteiger partial charge >= 0.3 is 5.69 Å². The molecule has 0 amide bonds. The van der Waals surface area contributed by atoms with Crippen molar-refractivity contribution >= 4 is 5.69 Å². The molecule has 0 saturated heterocycles. The number of benzene rings is 1. The number of aromatic amines is 1. The van der Waals surface area contributed by atoms with E-state index in [1.54, 1.807) is 7.11 Å². The maximum atomic E-state index is 11.7. The first-order valence-electron chi connectivity index (χ1n) is 6.77. The van der Waals surface area contributed by atoms with Gasteiger partial charge in [0.1, 0.15) is 11.6 Å². The van der Waals surface area contributed by atoms with Gasteiger partial charge in [0.25, 0.3) is 0 Å². The van der Waals surface area contributed by atoms with Crippen LogP contribution in [0.15, 0.2) is 29.1 Å². The molecule has 0 spiro atoms. The summed E-state index contributed by atoms with van der Waals surface area (Å²) in [5, 5.41) is 7.47. The van der Waals surface area contributed by atoms with Gasteiger partial charge < -0.3 is 10.1 Å². The molecule has 2 N–H and O–H groups in total. The fraction of sp³-hybridized carbons (Fsp3) is 0.429. The Balaban J connectivity index is 1.98. The number of H-pyrrole nitrogens is 1. The maximum Gasteiger partial charge on any atom is 0.343 e. The van der Waals surface area contributed by atoms with Gasteiger partial charge in [0.2, 0.25) is 0 Å². The molecular formula is C14H20N4O2. The molecule has 1 heterocycles. The van der Waals surface area contributed by atoms with Crippen LogP contribution in [0.3, 0.4) is 0 Å². The molecule has 6 heteroatoms. The maximum absolute atomic E-state index is 11.7. The van der Waals surface area contributed by atoms with Crippen LogP contribution in [0.4, 0.5) is 5.69 Å². The molecule has 1 aromatic carbocycles. The van der Waals surface area contributed by atoms with Crippen molar-refractivity contribution in [1.82, 2.24) is 14.8 Å². The molecule has 6 nitrogen and oxygen atoms in total. The van der Waals surface area contributed by atoms with Gasteiger partial charge in [0.15, 0.2) is 0 Å². The van der Waals surface area contributed by atoms with Crippen LogP contribution in [0.25, 0.3) is 0 Å². The number of hydrogen-bond donors (Lipinski definition) is 2. The van der Waals surface area contributed by atoms with Gasteiger partial charge in [-0.2, -0.15) is 5.10 Å². The van der Waals surface area contributed by atoms with E-state index in [-0.39, 0.29) is 5.69 Å². The second kappa shape index (κ2) is 6.79. The summed E-state index contributed by atoms with van der Waals surface area (Å²) >= 11 is 0. The van der Waals surface area contributed by atoms with Crippen LogP contribution in [0.1, 0.15) is 25.6 Å². The number of methoxy groups -OCH3 is 1. The van der Waals surface area contributed by atoms with Gasteiger partial charge in [0, 0.05) is 18.3 Å². The number of hydrogen-bond acceptors (Lipinski definition) is 4. The lowest BCUT2D eigenvalue weighted by Gasteiger charge is -2.06. The summed E-state index contributed by atoms with van der Waals surface area (Å²) in [6, 6.07) is 7.62. The molecule has 108 valence electrons. The largest absolute Gasteiger partial charge is 0.497 e. The van der Waals surface area contributed by atoms with Crippen molar-refractivity contribution in [2.75, 3.05) is 12.4 Å². The first-order valence-corrected chi connectivity index (χ1v) is 6.77. The van der Waals surface area contributed by atoms with E-state index < -0.39 is 0 Å². The number of nitrogens with zero attached hydrogens (tertiary/aromatic N) is 2. The summed E-state index contributed by atoms with van der Waals surface area (Å²) in [6.07, 6.45) is 1.99. The van der Waals surface area contributed by atoms with Crippen LogP contribution in [0, 0.1) is 0 Å². The minimum absolute atomic E-state index is 0.152. The summed E-state index contributed by atoms with van der Waals surface area (Å²) in [6.45, 7) is 3.22. The first-order chi connectivity index (χ1) is 9.72. The Bertz CT molecular complexity index is 603. The highest BCUT2D eigenvalue weighted by atomic mass is 16.5. The monoisotopic (exact) mass is 276 g/mol. The fourth-order valence-corrected chi connectivity index (χ4v) is 1.86. The van der Waals surface area contributed by atoms with Crippen LogP contribution >= 0.6 is 0 Å². The van der Waals surface area contributed by atoms with Crippen LogP contribution in [0.5, 0.6) is 5.75 Å². The zero-order valence-electron chi connectivity index (χ0n) is 11.8. The van der Waals surface area contributed by atoms with E-state index in [1.807, 2.05) is 24.3 Å². The average Bonchev–Trinajstić information content (AvgIpc) is 2.83. The Morgan fingerprint density at radius 2 is 2.30 bits per heavy atom. The highest BCUT2D eigenvalue weighted by Gasteiger charge is 2.04. The third-order valence-electron chi connectivity index (χ3n) is 2.98. The van der Waals surface area contributed by atoms with Crippen molar-refractivity contribution in [1.29, 1.82) is 0 Å². The van der Waals surface area contributed by atoms with Crippen LogP contribution in [-0.4, -0.2) is 21.9 Å². The quantitative estimate of drug-likeness (QED) is 0.811. The van der Waals surface area contributed by atoms with Crippen molar-refractivity contribution in [2.24, 2.45) is 0 Å². The summed E-state index contributed by atoms with van der Waals surface area (Å²) in [5.74, 6) is 1.42. The van der Waals surface area contributed by atoms with E-state index in [4.69, 9.17) is 4.74 Å². The van der Waals surface area contributed by atoms with Crippen molar-refractivity contribution in [3.8, 4) is 5.75 Å². The number of nitrogens with one attached hydrogen (secondary N) is 2. The molecule has 0 bridgehead atoms. The summed E-state index contributed by atoms with van der Waals surface area (Å²) in [5.41, 5.74) is 0.772. The Labute approximate surface area is 117 Å². The van der Waals surface area contributed by atoms with Crippen molar-refractivity contribution in [3.05, 3.63) is 40.6 Å². The van der Waals surface area contributed by atoms with Gasteiger partial charge in [-0.3, -0.25) is 4.98 Å². The molecule has 0 saturated carbocycles.